The summed E-state index contributed by atoms with van der Waals surface area (Å²) in [6.45, 7) is 0. The molecule has 0 unspecified atom stereocenters. The number of hydrogen-bond donors (Lipinski definition) is 0. The van der Waals surface area contributed by atoms with Crippen molar-refractivity contribution in [3.8, 4) is 5.69 Å². The first-order valence-electron chi connectivity index (χ1n) is 5.53. The Bertz CT molecular complexity index is 630. The molecule has 2 aromatic carbocycles. The van der Waals surface area contributed by atoms with Gasteiger partial charge in [-0.25, -0.2) is 0 Å². The third-order valence-corrected chi connectivity index (χ3v) is 2.61. The van der Waals surface area contributed by atoms with Gasteiger partial charge in [0, 0.05) is 0 Å². The second-order valence-corrected chi connectivity index (χ2v) is 3.92. The van der Waals surface area contributed by atoms with Crippen LogP contribution in [0.5, 0.6) is 0 Å². The SMILES string of the molecule is [N]c1ccc(/C=C/c2ccc(-n3oo3)cc2)cc1. The molecule has 3 rings (SSSR count). The number of aromatic nitrogens is 1. The number of nitrogens with zero attached hydrogens (tertiary/aromatic N) is 2. The first-order valence-corrected chi connectivity index (χ1v) is 5.53. The van der Waals surface area contributed by atoms with Gasteiger partial charge in [-0.15, -0.1) is 9.36 Å². The largest absolute Gasteiger partial charge is 0.151 e. The van der Waals surface area contributed by atoms with Gasteiger partial charge in [0.05, 0.1) is 10.6 Å². The standard InChI is InChI=1S/C14H10N2O2/c15-13-7-3-11(4-8-13)1-2-12-5-9-14(10-6-12)16-17-18-16/h1-10H/b2-1+. The predicted molar refractivity (Wildman–Crippen MR) is 67.5 cm³/mol. The van der Waals surface area contributed by atoms with Crippen molar-refractivity contribution < 1.29 is 9.36 Å². The third kappa shape index (κ3) is 2.38. The molecule has 3 aromatic rings. The van der Waals surface area contributed by atoms with Crippen LogP contribution in [0, 0.1) is 0 Å². The Morgan fingerprint density at radius 1 is 0.778 bits per heavy atom. The summed E-state index contributed by atoms with van der Waals surface area (Å²) in [6.07, 6.45) is 3.99. The lowest BCUT2D eigenvalue weighted by molar-refractivity contribution is 0.264. The summed E-state index contributed by atoms with van der Waals surface area (Å²) in [5.41, 5.74) is 12.4. The van der Waals surface area contributed by atoms with E-state index < -0.39 is 0 Å². The van der Waals surface area contributed by atoms with Gasteiger partial charge in [-0.05, 0) is 35.4 Å². The average molecular weight is 238 g/mol. The molecule has 0 atom stereocenters. The molecular weight excluding hydrogens is 228 g/mol. The Hall–Kier alpha value is -2.62. The van der Waals surface area contributed by atoms with Gasteiger partial charge in [0.25, 0.3) is 0 Å². The van der Waals surface area contributed by atoms with Crippen molar-refractivity contribution in [1.29, 1.82) is 0 Å². The van der Waals surface area contributed by atoms with Crippen molar-refractivity contribution in [2.45, 2.75) is 0 Å². The molecule has 0 fully saturated rings. The van der Waals surface area contributed by atoms with E-state index in [2.05, 4.69) is 9.36 Å². The van der Waals surface area contributed by atoms with E-state index in [-0.39, 0.29) is 5.69 Å². The highest BCUT2D eigenvalue weighted by Gasteiger charge is 2.04. The zero-order valence-electron chi connectivity index (χ0n) is 9.48. The smallest absolute Gasteiger partial charge is 0.127 e. The molecular formula is C14H10N2O2. The van der Waals surface area contributed by atoms with E-state index in [4.69, 9.17) is 0 Å². The molecule has 4 nitrogen and oxygen atoms in total. The molecule has 4 heteroatoms. The van der Waals surface area contributed by atoms with Crippen molar-refractivity contribution in [2.75, 3.05) is 0 Å². The normalized spacial score (nSPS) is 11.3. The van der Waals surface area contributed by atoms with Crippen molar-refractivity contribution in [1.82, 2.24) is 10.6 Å². The summed E-state index contributed by atoms with van der Waals surface area (Å²) in [5, 5.41) is 0. The highest BCUT2D eigenvalue weighted by Crippen LogP contribution is 2.15. The van der Waals surface area contributed by atoms with Gasteiger partial charge in [0.1, 0.15) is 5.69 Å². The Kier molecular flexibility index (Phi) is 2.53. The monoisotopic (exact) mass is 238 g/mol. The van der Waals surface area contributed by atoms with Gasteiger partial charge in [0.2, 0.25) is 0 Å². The van der Waals surface area contributed by atoms with Crippen LogP contribution in [0.4, 0.5) is 5.69 Å². The Labute approximate surface area is 104 Å². The Balaban J connectivity index is 1.75. The summed E-state index contributed by atoms with van der Waals surface area (Å²) in [4.78, 5) is 1.33. The quantitative estimate of drug-likeness (QED) is 0.517. The zero-order chi connectivity index (χ0) is 12.4. The van der Waals surface area contributed by atoms with Crippen molar-refractivity contribution in [3.05, 3.63) is 59.7 Å². The topological polar surface area (TPSA) is 53.5 Å². The molecule has 0 aliphatic carbocycles. The van der Waals surface area contributed by atoms with Gasteiger partial charge < -0.3 is 0 Å². The number of rotatable bonds is 3. The minimum Gasteiger partial charge on any atom is -0.151 e. The number of benzene rings is 2. The van der Waals surface area contributed by atoms with Crippen molar-refractivity contribution >= 4 is 17.8 Å². The fourth-order valence-corrected chi connectivity index (χ4v) is 1.59. The molecule has 1 aromatic heterocycles. The molecule has 0 spiro atoms. The van der Waals surface area contributed by atoms with Gasteiger partial charge >= 0.3 is 0 Å². The van der Waals surface area contributed by atoms with Crippen LogP contribution in [0.1, 0.15) is 11.1 Å². The lowest BCUT2D eigenvalue weighted by atomic mass is 10.1. The molecule has 0 saturated carbocycles. The van der Waals surface area contributed by atoms with Crippen LogP contribution >= 0.6 is 0 Å². The highest BCUT2D eigenvalue weighted by molar-refractivity contribution is 5.70. The second kappa shape index (κ2) is 4.33. The van der Waals surface area contributed by atoms with E-state index >= 15 is 0 Å². The molecule has 0 amide bonds. The van der Waals surface area contributed by atoms with E-state index in [0.717, 1.165) is 16.8 Å². The van der Waals surface area contributed by atoms with Crippen LogP contribution in [0.2, 0.25) is 0 Å². The third-order valence-electron chi connectivity index (χ3n) is 2.61. The van der Waals surface area contributed by atoms with Crippen molar-refractivity contribution in [3.63, 3.8) is 0 Å². The van der Waals surface area contributed by atoms with Gasteiger partial charge in [-0.3, -0.25) is 0 Å². The summed E-state index contributed by atoms with van der Waals surface area (Å²) < 4.78 is 9.13. The predicted octanol–water partition coefficient (Wildman–Crippen LogP) is 3.53. The average Bonchev–Trinajstić information content (AvgIpc) is 3.23. The highest BCUT2D eigenvalue weighted by atomic mass is 17.3. The van der Waals surface area contributed by atoms with Crippen LogP contribution in [0.3, 0.4) is 0 Å². The summed E-state index contributed by atoms with van der Waals surface area (Å²) in [7, 11) is 0. The van der Waals surface area contributed by atoms with Gasteiger partial charge in [-0.1, -0.05) is 36.4 Å². The van der Waals surface area contributed by atoms with Crippen LogP contribution in [-0.2, 0) is 0 Å². The van der Waals surface area contributed by atoms with E-state index in [1.54, 1.807) is 12.1 Å². The lowest BCUT2D eigenvalue weighted by Gasteiger charge is -1.95. The summed E-state index contributed by atoms with van der Waals surface area (Å²) in [5.74, 6) is 0. The maximum absolute atomic E-state index is 9.18. The Morgan fingerprint density at radius 3 is 1.78 bits per heavy atom. The fraction of sp³-hybridized carbons (Fsp3) is 0. The molecule has 0 saturated heterocycles. The summed E-state index contributed by atoms with van der Waals surface area (Å²) >= 11 is 0. The zero-order valence-corrected chi connectivity index (χ0v) is 9.48. The molecule has 0 bridgehead atoms. The van der Waals surface area contributed by atoms with E-state index in [1.807, 2.05) is 48.6 Å². The molecule has 0 N–H and O–H groups in total. The molecule has 0 aliphatic rings. The van der Waals surface area contributed by atoms with Crippen LogP contribution in [0.15, 0.2) is 57.9 Å². The molecule has 88 valence electrons. The maximum Gasteiger partial charge on any atom is 0.127 e. The minimum atomic E-state index is 0.273. The molecule has 1 heterocycles. The van der Waals surface area contributed by atoms with E-state index in [9.17, 15) is 5.73 Å². The van der Waals surface area contributed by atoms with E-state index in [1.165, 1.54) is 4.91 Å². The Morgan fingerprint density at radius 2 is 1.28 bits per heavy atom. The second-order valence-electron chi connectivity index (χ2n) is 3.92. The van der Waals surface area contributed by atoms with Crippen LogP contribution < -0.4 is 5.73 Å². The van der Waals surface area contributed by atoms with Crippen LogP contribution in [-0.4, -0.2) is 4.91 Å². The molecule has 0 aliphatic heterocycles. The van der Waals surface area contributed by atoms with Gasteiger partial charge in [0.15, 0.2) is 0 Å². The fourth-order valence-electron chi connectivity index (χ4n) is 1.59. The van der Waals surface area contributed by atoms with Gasteiger partial charge in [-0.2, -0.15) is 5.73 Å². The van der Waals surface area contributed by atoms with Crippen molar-refractivity contribution in [2.24, 2.45) is 0 Å². The van der Waals surface area contributed by atoms with E-state index in [0.29, 0.717) is 0 Å². The first-order chi connectivity index (χ1) is 8.81. The maximum atomic E-state index is 9.18. The molecule has 18 heavy (non-hydrogen) atoms. The van der Waals surface area contributed by atoms with Crippen LogP contribution in [0.25, 0.3) is 17.8 Å². The number of hydrogen-bond acceptors (Lipinski definition) is 2. The summed E-state index contributed by atoms with van der Waals surface area (Å²) in [6, 6.07) is 14.8. The minimum absolute atomic E-state index is 0.273. The molecule has 2 radical (unpaired) electrons. The first kappa shape index (κ1) is 10.5. The lowest BCUT2D eigenvalue weighted by Crippen LogP contribution is -1.80.